The van der Waals surface area contributed by atoms with E-state index in [9.17, 15) is 14.4 Å². The molecule has 25 heavy (non-hydrogen) atoms. The number of nitrogens with one attached hydrogen (secondary N) is 3. The van der Waals surface area contributed by atoms with Crippen LogP contribution < -0.4 is 21.7 Å². The first-order valence-corrected chi connectivity index (χ1v) is 9.96. The molecule has 0 unspecified atom stereocenters. The van der Waals surface area contributed by atoms with E-state index in [1.54, 1.807) is 0 Å². The number of rotatable bonds is 11. The van der Waals surface area contributed by atoms with Crippen LogP contribution in [0.15, 0.2) is 0 Å². The Labute approximate surface area is 152 Å². The van der Waals surface area contributed by atoms with Crippen molar-refractivity contribution in [1.82, 2.24) is 16.0 Å². The predicted molar refractivity (Wildman–Crippen MR) is 96.4 cm³/mol. The maximum Gasteiger partial charge on any atom is 0.320 e. The Morgan fingerprint density at radius 2 is 2.08 bits per heavy atom. The molecule has 9 heteroatoms. The Morgan fingerprint density at radius 1 is 1.28 bits per heavy atom. The molecule has 0 aromatic rings. The van der Waals surface area contributed by atoms with Crippen LogP contribution in [0.4, 0.5) is 4.79 Å². The Balaban J connectivity index is 1.46. The molecule has 0 aromatic heterocycles. The molecule has 2 heterocycles. The first-order valence-electron chi connectivity index (χ1n) is 8.91. The highest BCUT2D eigenvalue weighted by atomic mass is 32.2. The molecule has 0 aliphatic carbocycles. The molecule has 2 saturated heterocycles. The average molecular weight is 372 g/mol. The largest absolute Gasteiger partial charge is 0.480 e. The second kappa shape index (κ2) is 9.86. The lowest BCUT2D eigenvalue weighted by Crippen LogP contribution is -2.36. The molecule has 0 saturated carbocycles. The van der Waals surface area contributed by atoms with Crippen LogP contribution in [-0.2, 0) is 9.59 Å². The van der Waals surface area contributed by atoms with E-state index in [1.807, 2.05) is 11.8 Å². The fourth-order valence-electron chi connectivity index (χ4n) is 3.20. The summed E-state index contributed by atoms with van der Waals surface area (Å²) in [5.74, 6) is 0.0131. The van der Waals surface area contributed by atoms with Crippen LogP contribution in [0.1, 0.15) is 44.9 Å². The fourth-order valence-corrected chi connectivity index (χ4v) is 4.75. The van der Waals surface area contributed by atoms with Gasteiger partial charge in [-0.1, -0.05) is 6.42 Å². The summed E-state index contributed by atoms with van der Waals surface area (Å²) in [5, 5.41) is 17.9. The molecule has 2 aliphatic rings. The number of amides is 3. The molecule has 142 valence electrons. The van der Waals surface area contributed by atoms with Gasteiger partial charge < -0.3 is 26.8 Å². The second-order valence-electron chi connectivity index (χ2n) is 6.66. The highest BCUT2D eigenvalue weighted by molar-refractivity contribution is 8.00. The lowest BCUT2D eigenvalue weighted by atomic mass is 10.0. The first-order chi connectivity index (χ1) is 12.0. The lowest BCUT2D eigenvalue weighted by molar-refractivity contribution is -0.138. The van der Waals surface area contributed by atoms with Gasteiger partial charge in [0.1, 0.15) is 6.04 Å². The third kappa shape index (κ3) is 6.39. The first kappa shape index (κ1) is 19.8. The van der Waals surface area contributed by atoms with Gasteiger partial charge in [-0.15, -0.1) is 0 Å². The quantitative estimate of drug-likeness (QED) is 0.263. The smallest absolute Gasteiger partial charge is 0.320 e. The van der Waals surface area contributed by atoms with Crippen LogP contribution in [-0.4, -0.2) is 58.7 Å². The number of thioether (sulfide) groups is 1. The number of carbonyl (C=O) groups is 3. The third-order valence-electron chi connectivity index (χ3n) is 4.66. The third-order valence-corrected chi connectivity index (χ3v) is 6.17. The maximum atomic E-state index is 11.8. The van der Waals surface area contributed by atoms with Crippen molar-refractivity contribution in [3.8, 4) is 0 Å². The van der Waals surface area contributed by atoms with Crippen LogP contribution in [0.3, 0.4) is 0 Å². The van der Waals surface area contributed by atoms with Crippen LogP contribution in [0.5, 0.6) is 0 Å². The minimum absolute atomic E-state index is 0.0373. The Bertz CT molecular complexity index is 491. The molecule has 2 rings (SSSR count). The number of aliphatic carboxylic acids is 1. The van der Waals surface area contributed by atoms with Crippen molar-refractivity contribution in [2.45, 2.75) is 68.3 Å². The van der Waals surface area contributed by atoms with Gasteiger partial charge in [0, 0.05) is 24.0 Å². The Hall–Kier alpha value is -1.48. The standard InChI is InChI=1S/C16H28N4O4S/c17-10(15(22)23)5-3-4-8-18-13(21)7-2-1-6-12-14-11(9-25-12)19-16(24)20-14/h10-12,14H,1-9,17H2,(H,18,21)(H,22,23)(H2,19,20,24)/t10-,11+,12+,14-/m1/s1. The summed E-state index contributed by atoms with van der Waals surface area (Å²) in [6.45, 7) is 0.561. The van der Waals surface area contributed by atoms with Gasteiger partial charge in [-0.25, -0.2) is 4.79 Å². The van der Waals surface area contributed by atoms with E-state index in [0.717, 1.165) is 31.4 Å². The zero-order valence-corrected chi connectivity index (χ0v) is 15.1. The number of carboxylic acids is 1. The molecular weight excluding hydrogens is 344 g/mol. The lowest BCUT2D eigenvalue weighted by Gasteiger charge is -2.16. The second-order valence-corrected chi connectivity index (χ2v) is 7.93. The molecule has 4 atom stereocenters. The summed E-state index contributed by atoms with van der Waals surface area (Å²) >= 11 is 1.89. The van der Waals surface area contributed by atoms with E-state index in [0.29, 0.717) is 31.1 Å². The molecule has 3 amide bonds. The molecule has 0 radical (unpaired) electrons. The number of carbonyl (C=O) groups excluding carboxylic acids is 2. The number of urea groups is 1. The molecule has 6 N–H and O–H groups in total. The van der Waals surface area contributed by atoms with Gasteiger partial charge in [0.25, 0.3) is 0 Å². The predicted octanol–water partition coefficient (Wildman–Crippen LogP) is 0.411. The van der Waals surface area contributed by atoms with Crippen LogP contribution in [0.25, 0.3) is 0 Å². The van der Waals surface area contributed by atoms with E-state index in [4.69, 9.17) is 10.8 Å². The average Bonchev–Trinajstić information content (AvgIpc) is 3.10. The molecule has 2 aliphatic heterocycles. The highest BCUT2D eigenvalue weighted by Gasteiger charge is 2.42. The summed E-state index contributed by atoms with van der Waals surface area (Å²) in [7, 11) is 0. The van der Waals surface area contributed by atoms with E-state index < -0.39 is 12.0 Å². The van der Waals surface area contributed by atoms with Crippen molar-refractivity contribution in [3.05, 3.63) is 0 Å². The van der Waals surface area contributed by atoms with Crippen molar-refractivity contribution in [3.63, 3.8) is 0 Å². The van der Waals surface area contributed by atoms with Crippen molar-refractivity contribution in [2.75, 3.05) is 12.3 Å². The van der Waals surface area contributed by atoms with E-state index >= 15 is 0 Å². The zero-order chi connectivity index (χ0) is 18.2. The Morgan fingerprint density at radius 3 is 2.84 bits per heavy atom. The highest BCUT2D eigenvalue weighted by Crippen LogP contribution is 2.33. The number of hydrogen-bond donors (Lipinski definition) is 5. The van der Waals surface area contributed by atoms with Crippen molar-refractivity contribution in [1.29, 1.82) is 0 Å². The minimum Gasteiger partial charge on any atom is -0.480 e. The van der Waals surface area contributed by atoms with E-state index in [-0.39, 0.29) is 24.0 Å². The van der Waals surface area contributed by atoms with Gasteiger partial charge in [-0.3, -0.25) is 9.59 Å². The molecule has 0 bridgehead atoms. The number of fused-ring (bicyclic) bond motifs is 1. The van der Waals surface area contributed by atoms with Crippen LogP contribution >= 0.6 is 11.8 Å². The van der Waals surface area contributed by atoms with Gasteiger partial charge in [-0.2, -0.15) is 11.8 Å². The van der Waals surface area contributed by atoms with E-state index in [2.05, 4.69) is 16.0 Å². The summed E-state index contributed by atoms with van der Waals surface area (Å²) in [5.41, 5.74) is 5.42. The monoisotopic (exact) mass is 372 g/mol. The summed E-state index contributed by atoms with van der Waals surface area (Å²) in [4.78, 5) is 33.7. The van der Waals surface area contributed by atoms with Gasteiger partial charge in [0.2, 0.25) is 5.91 Å². The molecule has 2 fully saturated rings. The van der Waals surface area contributed by atoms with E-state index in [1.165, 1.54) is 0 Å². The number of nitrogens with two attached hydrogens (primary N) is 1. The topological polar surface area (TPSA) is 134 Å². The van der Waals surface area contributed by atoms with Crippen molar-refractivity contribution in [2.24, 2.45) is 5.73 Å². The minimum atomic E-state index is -0.983. The van der Waals surface area contributed by atoms with Gasteiger partial charge in [0.15, 0.2) is 0 Å². The summed E-state index contributed by atoms with van der Waals surface area (Å²) in [6, 6.07) is -0.406. The normalized spacial score (nSPS) is 25.8. The fraction of sp³-hybridized carbons (Fsp3) is 0.812. The van der Waals surface area contributed by atoms with Crippen molar-refractivity contribution < 1.29 is 19.5 Å². The zero-order valence-electron chi connectivity index (χ0n) is 14.3. The summed E-state index contributed by atoms with van der Waals surface area (Å²) in [6.07, 6.45) is 5.18. The molecule has 0 spiro atoms. The SMILES string of the molecule is N[C@H](CCCCNC(=O)CCCC[C@@H]1SC[C@@H]2NC(=O)N[C@H]21)C(=O)O. The Kier molecular flexibility index (Phi) is 7.83. The molecule has 0 aromatic carbocycles. The summed E-state index contributed by atoms with van der Waals surface area (Å²) < 4.78 is 0. The van der Waals surface area contributed by atoms with Gasteiger partial charge in [-0.05, 0) is 32.1 Å². The number of carboxylic acid groups (broad SMARTS) is 1. The van der Waals surface area contributed by atoms with Gasteiger partial charge in [0.05, 0.1) is 12.1 Å². The molecule has 8 nitrogen and oxygen atoms in total. The number of unbranched alkanes of at least 4 members (excludes halogenated alkanes) is 2. The number of hydrogen-bond acceptors (Lipinski definition) is 5. The van der Waals surface area contributed by atoms with Crippen molar-refractivity contribution >= 4 is 29.7 Å². The van der Waals surface area contributed by atoms with Crippen LogP contribution in [0.2, 0.25) is 0 Å². The van der Waals surface area contributed by atoms with Gasteiger partial charge >= 0.3 is 12.0 Å². The van der Waals surface area contributed by atoms with Crippen LogP contribution in [0, 0.1) is 0 Å². The molecular formula is C16H28N4O4S. The maximum absolute atomic E-state index is 11.8.